The average molecular weight is 214 g/mol. The maximum atomic E-state index is 11.7. The van der Waals surface area contributed by atoms with Gasteiger partial charge < -0.3 is 4.74 Å². The Morgan fingerprint density at radius 2 is 1.75 bits per heavy atom. The van der Waals surface area contributed by atoms with E-state index in [9.17, 15) is 5.11 Å². The number of benzene rings is 1. The monoisotopic (exact) mass is 214 g/mol. The fraction of sp³-hybridized carbons (Fsp3) is 0.154. The average Bonchev–Trinajstić information content (AvgIpc) is 2.38. The van der Waals surface area contributed by atoms with Gasteiger partial charge in [0.25, 0.3) is 0 Å². The SMILES string of the molecule is [O]C(OCc1ccncc1)c1ccccc1. The zero-order valence-corrected chi connectivity index (χ0v) is 8.74. The largest absolute Gasteiger partial charge is 0.341 e. The van der Waals surface area contributed by atoms with E-state index in [0.29, 0.717) is 12.2 Å². The predicted molar refractivity (Wildman–Crippen MR) is 58.9 cm³/mol. The quantitative estimate of drug-likeness (QED) is 0.734. The van der Waals surface area contributed by atoms with E-state index < -0.39 is 6.29 Å². The standard InChI is InChI=1S/C13H12NO2/c15-13(12-4-2-1-3-5-12)16-10-11-6-8-14-9-7-11/h1-9,13H,10H2. The van der Waals surface area contributed by atoms with Gasteiger partial charge in [-0.05, 0) is 17.7 Å². The lowest BCUT2D eigenvalue weighted by molar-refractivity contribution is -0.152. The molecular weight excluding hydrogens is 202 g/mol. The Balaban J connectivity index is 1.92. The zero-order chi connectivity index (χ0) is 11.2. The summed E-state index contributed by atoms with van der Waals surface area (Å²) in [4.78, 5) is 3.90. The van der Waals surface area contributed by atoms with Crippen LogP contribution in [-0.4, -0.2) is 4.98 Å². The Hall–Kier alpha value is -1.71. The van der Waals surface area contributed by atoms with E-state index in [4.69, 9.17) is 4.74 Å². The Morgan fingerprint density at radius 3 is 2.44 bits per heavy atom. The molecule has 2 aromatic rings. The fourth-order valence-corrected chi connectivity index (χ4v) is 1.36. The van der Waals surface area contributed by atoms with Gasteiger partial charge in [0, 0.05) is 18.0 Å². The van der Waals surface area contributed by atoms with Crippen LogP contribution in [0.4, 0.5) is 0 Å². The molecule has 1 radical (unpaired) electrons. The van der Waals surface area contributed by atoms with Crippen molar-refractivity contribution in [1.82, 2.24) is 4.98 Å². The van der Waals surface area contributed by atoms with Crippen molar-refractivity contribution >= 4 is 0 Å². The molecule has 1 unspecified atom stereocenters. The predicted octanol–water partition coefficient (Wildman–Crippen LogP) is 2.73. The Bertz CT molecular complexity index is 416. The third kappa shape index (κ3) is 2.89. The van der Waals surface area contributed by atoms with Crippen LogP contribution >= 0.6 is 0 Å². The lowest BCUT2D eigenvalue weighted by atomic mass is 10.2. The first-order chi connectivity index (χ1) is 7.86. The number of aromatic nitrogens is 1. The van der Waals surface area contributed by atoms with Gasteiger partial charge in [-0.15, -0.1) is 0 Å². The summed E-state index contributed by atoms with van der Waals surface area (Å²) in [5.41, 5.74) is 1.60. The first-order valence-electron chi connectivity index (χ1n) is 5.07. The van der Waals surface area contributed by atoms with Gasteiger partial charge in [0.2, 0.25) is 6.29 Å². The number of rotatable bonds is 4. The van der Waals surface area contributed by atoms with Crippen LogP contribution in [0, 0.1) is 0 Å². The molecule has 3 nitrogen and oxygen atoms in total. The summed E-state index contributed by atoms with van der Waals surface area (Å²) in [6.07, 6.45) is 2.23. The molecule has 81 valence electrons. The van der Waals surface area contributed by atoms with E-state index in [1.807, 2.05) is 30.3 Å². The van der Waals surface area contributed by atoms with Gasteiger partial charge in [0.15, 0.2) is 0 Å². The molecule has 0 aliphatic carbocycles. The Morgan fingerprint density at radius 1 is 1.06 bits per heavy atom. The molecule has 0 aliphatic heterocycles. The normalized spacial score (nSPS) is 12.3. The lowest BCUT2D eigenvalue weighted by Crippen LogP contribution is -2.01. The van der Waals surface area contributed by atoms with Crippen molar-refractivity contribution in [2.24, 2.45) is 0 Å². The Labute approximate surface area is 94.3 Å². The highest BCUT2D eigenvalue weighted by Gasteiger charge is 2.08. The molecule has 1 heterocycles. The third-order valence-electron chi connectivity index (χ3n) is 2.22. The van der Waals surface area contributed by atoms with Crippen molar-refractivity contribution in [3.05, 3.63) is 66.0 Å². The van der Waals surface area contributed by atoms with Crippen LogP contribution in [0.2, 0.25) is 0 Å². The van der Waals surface area contributed by atoms with Crippen LogP contribution in [0.1, 0.15) is 17.4 Å². The number of hydrogen-bond donors (Lipinski definition) is 0. The molecule has 0 spiro atoms. The summed E-state index contributed by atoms with van der Waals surface area (Å²) in [7, 11) is 0. The summed E-state index contributed by atoms with van der Waals surface area (Å²) in [6.45, 7) is 0.311. The van der Waals surface area contributed by atoms with Crippen LogP contribution < -0.4 is 0 Å². The van der Waals surface area contributed by atoms with Crippen LogP contribution in [0.25, 0.3) is 0 Å². The summed E-state index contributed by atoms with van der Waals surface area (Å²) in [6, 6.07) is 12.7. The molecule has 1 aromatic heterocycles. The van der Waals surface area contributed by atoms with E-state index in [1.165, 1.54) is 0 Å². The van der Waals surface area contributed by atoms with Gasteiger partial charge in [-0.3, -0.25) is 4.98 Å². The lowest BCUT2D eigenvalue weighted by Gasteiger charge is -2.09. The van der Waals surface area contributed by atoms with Crippen LogP contribution in [-0.2, 0) is 16.5 Å². The van der Waals surface area contributed by atoms with E-state index >= 15 is 0 Å². The molecule has 16 heavy (non-hydrogen) atoms. The molecule has 3 heteroatoms. The van der Waals surface area contributed by atoms with E-state index in [2.05, 4.69) is 4.98 Å². The summed E-state index contributed by atoms with van der Waals surface area (Å²) in [5, 5.41) is 11.7. The van der Waals surface area contributed by atoms with Crippen molar-refractivity contribution in [1.29, 1.82) is 0 Å². The minimum Gasteiger partial charge on any atom is -0.341 e. The second-order valence-corrected chi connectivity index (χ2v) is 3.41. The molecule has 0 N–H and O–H groups in total. The molecule has 0 saturated heterocycles. The maximum absolute atomic E-state index is 11.7. The van der Waals surface area contributed by atoms with Crippen LogP contribution in [0.15, 0.2) is 54.9 Å². The molecule has 1 aromatic carbocycles. The second-order valence-electron chi connectivity index (χ2n) is 3.41. The summed E-state index contributed by atoms with van der Waals surface area (Å²) < 4.78 is 5.23. The van der Waals surface area contributed by atoms with Crippen molar-refractivity contribution in [3.8, 4) is 0 Å². The van der Waals surface area contributed by atoms with Gasteiger partial charge in [-0.1, -0.05) is 30.3 Å². The first kappa shape index (κ1) is 10.8. The molecule has 1 atom stereocenters. The van der Waals surface area contributed by atoms with Crippen molar-refractivity contribution in [3.63, 3.8) is 0 Å². The van der Waals surface area contributed by atoms with Crippen LogP contribution in [0.5, 0.6) is 0 Å². The maximum Gasteiger partial charge on any atom is 0.217 e. The highest BCUT2D eigenvalue weighted by atomic mass is 16.6. The van der Waals surface area contributed by atoms with Crippen molar-refractivity contribution < 1.29 is 9.84 Å². The molecule has 0 aliphatic rings. The fourth-order valence-electron chi connectivity index (χ4n) is 1.36. The third-order valence-corrected chi connectivity index (χ3v) is 2.22. The highest BCUT2D eigenvalue weighted by molar-refractivity contribution is 5.15. The highest BCUT2D eigenvalue weighted by Crippen LogP contribution is 2.16. The first-order valence-corrected chi connectivity index (χ1v) is 5.07. The van der Waals surface area contributed by atoms with Crippen molar-refractivity contribution in [2.45, 2.75) is 12.9 Å². The van der Waals surface area contributed by atoms with Crippen molar-refractivity contribution in [2.75, 3.05) is 0 Å². The molecule has 0 bridgehead atoms. The summed E-state index contributed by atoms with van der Waals surface area (Å²) in [5.74, 6) is 0. The topological polar surface area (TPSA) is 42.0 Å². The minimum absolute atomic E-state index is 0.311. The van der Waals surface area contributed by atoms with E-state index in [-0.39, 0.29) is 0 Å². The zero-order valence-electron chi connectivity index (χ0n) is 8.74. The van der Waals surface area contributed by atoms with Gasteiger partial charge in [-0.25, -0.2) is 0 Å². The van der Waals surface area contributed by atoms with Crippen LogP contribution in [0.3, 0.4) is 0 Å². The van der Waals surface area contributed by atoms with Gasteiger partial charge >= 0.3 is 0 Å². The smallest absolute Gasteiger partial charge is 0.217 e. The van der Waals surface area contributed by atoms with E-state index in [1.54, 1.807) is 24.5 Å². The molecule has 0 amide bonds. The number of ether oxygens (including phenoxy) is 1. The van der Waals surface area contributed by atoms with Gasteiger partial charge in [0.1, 0.15) is 0 Å². The van der Waals surface area contributed by atoms with Gasteiger partial charge in [-0.2, -0.15) is 5.11 Å². The number of nitrogens with zero attached hydrogens (tertiary/aromatic N) is 1. The molecule has 0 saturated carbocycles. The number of pyridine rings is 1. The number of hydrogen-bond acceptors (Lipinski definition) is 2. The van der Waals surface area contributed by atoms with Gasteiger partial charge in [0.05, 0.1) is 6.61 Å². The molecule has 2 rings (SSSR count). The Kier molecular flexibility index (Phi) is 3.64. The molecule has 0 fully saturated rings. The van der Waals surface area contributed by atoms with E-state index in [0.717, 1.165) is 5.56 Å². The summed E-state index contributed by atoms with van der Waals surface area (Å²) >= 11 is 0. The molecular formula is C13H12NO2. The minimum atomic E-state index is -1.13. The second kappa shape index (κ2) is 5.39.